The van der Waals surface area contributed by atoms with E-state index in [1.165, 1.54) is 23.4 Å². The Morgan fingerprint density at radius 2 is 2.15 bits per heavy atom. The fraction of sp³-hybridized carbons (Fsp3) is 0.125. The van der Waals surface area contributed by atoms with Crippen molar-refractivity contribution >= 4 is 17.0 Å². The predicted molar refractivity (Wildman–Crippen MR) is 77.0 cm³/mol. The third-order valence-corrected chi connectivity index (χ3v) is 3.28. The Balaban J connectivity index is 2.01. The van der Waals surface area contributed by atoms with Crippen LogP contribution in [0.2, 0.25) is 0 Å². The summed E-state index contributed by atoms with van der Waals surface area (Å²) in [7, 11) is 0. The van der Waals surface area contributed by atoms with Crippen molar-refractivity contribution < 1.29 is 9.90 Å². The van der Waals surface area contributed by atoms with Crippen molar-refractivity contribution in [2.24, 2.45) is 0 Å². The second-order valence-electron chi connectivity index (χ2n) is 4.88. The van der Waals surface area contributed by atoms with Crippen LogP contribution in [-0.2, 0) is 6.42 Å². The van der Waals surface area contributed by atoms with Gasteiger partial charge in [0, 0.05) is 18.3 Å². The number of rotatable bonds is 3. The van der Waals surface area contributed by atoms with E-state index in [-0.39, 0.29) is 5.56 Å². The van der Waals surface area contributed by atoms with Crippen LogP contribution in [0.1, 0.15) is 27.2 Å². The maximum atomic E-state index is 11.2. The van der Waals surface area contributed by atoms with E-state index in [0.717, 1.165) is 12.1 Å². The Morgan fingerprint density at radius 1 is 1.30 bits per heavy atom. The smallest absolute Gasteiger partial charge is 0.337 e. The molecule has 3 rings (SSSR count). The SMILES string of the molecule is Cc1cccc(Cc2cc3nccc(C(=O)O)c3[nH]2)c1. The Labute approximate surface area is 116 Å². The van der Waals surface area contributed by atoms with Crippen molar-refractivity contribution in [3.05, 3.63) is 65.0 Å². The number of fused-ring (bicyclic) bond motifs is 1. The quantitative estimate of drug-likeness (QED) is 0.765. The molecule has 0 aliphatic heterocycles. The molecule has 0 unspecified atom stereocenters. The maximum Gasteiger partial charge on any atom is 0.337 e. The second-order valence-corrected chi connectivity index (χ2v) is 4.88. The molecule has 4 nitrogen and oxygen atoms in total. The number of benzene rings is 1. The number of aromatic nitrogens is 2. The summed E-state index contributed by atoms with van der Waals surface area (Å²) >= 11 is 0. The number of carboxylic acids is 1. The van der Waals surface area contributed by atoms with Crippen LogP contribution in [0, 0.1) is 6.92 Å². The molecule has 0 amide bonds. The van der Waals surface area contributed by atoms with Crippen molar-refractivity contribution in [1.29, 1.82) is 0 Å². The molecule has 20 heavy (non-hydrogen) atoms. The number of H-pyrrole nitrogens is 1. The van der Waals surface area contributed by atoms with Crippen molar-refractivity contribution in [3.63, 3.8) is 0 Å². The second kappa shape index (κ2) is 4.81. The highest BCUT2D eigenvalue weighted by Gasteiger charge is 2.11. The van der Waals surface area contributed by atoms with Gasteiger partial charge in [-0.3, -0.25) is 4.98 Å². The number of aromatic carboxylic acids is 1. The van der Waals surface area contributed by atoms with Crippen LogP contribution in [-0.4, -0.2) is 21.0 Å². The van der Waals surface area contributed by atoms with Crippen LogP contribution in [0.15, 0.2) is 42.6 Å². The number of hydrogen-bond acceptors (Lipinski definition) is 2. The van der Waals surface area contributed by atoms with Crippen LogP contribution in [0.5, 0.6) is 0 Å². The van der Waals surface area contributed by atoms with Crippen molar-refractivity contribution in [1.82, 2.24) is 9.97 Å². The van der Waals surface area contributed by atoms with Gasteiger partial charge in [0.2, 0.25) is 0 Å². The molecule has 2 N–H and O–H groups in total. The van der Waals surface area contributed by atoms with Gasteiger partial charge in [-0.1, -0.05) is 29.8 Å². The van der Waals surface area contributed by atoms with Gasteiger partial charge < -0.3 is 10.1 Å². The lowest BCUT2D eigenvalue weighted by atomic mass is 10.1. The molecule has 0 radical (unpaired) electrons. The van der Waals surface area contributed by atoms with E-state index in [1.54, 1.807) is 0 Å². The Morgan fingerprint density at radius 3 is 2.90 bits per heavy atom. The molecule has 3 aromatic rings. The van der Waals surface area contributed by atoms with E-state index < -0.39 is 5.97 Å². The number of carboxylic acid groups (broad SMARTS) is 1. The fourth-order valence-corrected chi connectivity index (χ4v) is 2.40. The van der Waals surface area contributed by atoms with E-state index in [9.17, 15) is 9.90 Å². The summed E-state index contributed by atoms with van der Waals surface area (Å²) in [6, 6.07) is 11.7. The maximum absolute atomic E-state index is 11.2. The highest BCUT2D eigenvalue weighted by Crippen LogP contribution is 2.19. The first-order valence-corrected chi connectivity index (χ1v) is 6.39. The summed E-state index contributed by atoms with van der Waals surface area (Å²) in [5, 5.41) is 9.17. The summed E-state index contributed by atoms with van der Waals surface area (Å²) < 4.78 is 0. The number of nitrogens with one attached hydrogen (secondary N) is 1. The van der Waals surface area contributed by atoms with Gasteiger partial charge in [-0.25, -0.2) is 4.79 Å². The molecular weight excluding hydrogens is 252 g/mol. The normalized spacial score (nSPS) is 10.8. The van der Waals surface area contributed by atoms with Gasteiger partial charge >= 0.3 is 5.97 Å². The molecule has 0 atom stereocenters. The van der Waals surface area contributed by atoms with Crippen molar-refractivity contribution in [2.45, 2.75) is 13.3 Å². The Bertz CT molecular complexity index is 790. The molecule has 0 saturated heterocycles. The summed E-state index contributed by atoms with van der Waals surface area (Å²) in [5.74, 6) is -0.943. The van der Waals surface area contributed by atoms with Crippen LogP contribution < -0.4 is 0 Å². The van der Waals surface area contributed by atoms with E-state index in [4.69, 9.17) is 0 Å². The van der Waals surface area contributed by atoms with E-state index in [0.29, 0.717) is 11.0 Å². The first-order chi connectivity index (χ1) is 9.63. The number of aromatic amines is 1. The minimum absolute atomic E-state index is 0.255. The standard InChI is InChI=1S/C16H14N2O2/c1-10-3-2-4-11(7-10)8-12-9-14-15(18-12)13(16(19)20)5-6-17-14/h2-7,9,18H,8H2,1H3,(H,19,20). The van der Waals surface area contributed by atoms with Gasteiger partial charge in [-0.05, 0) is 24.6 Å². The summed E-state index contributed by atoms with van der Waals surface area (Å²) in [4.78, 5) is 18.6. The Kier molecular flexibility index (Phi) is 2.99. The van der Waals surface area contributed by atoms with Crippen LogP contribution in [0.25, 0.3) is 11.0 Å². The molecule has 2 aromatic heterocycles. The Hall–Kier alpha value is -2.62. The van der Waals surface area contributed by atoms with Gasteiger partial charge in [0.15, 0.2) is 0 Å². The molecule has 2 heterocycles. The first-order valence-electron chi connectivity index (χ1n) is 6.39. The molecule has 0 fully saturated rings. The molecule has 0 spiro atoms. The molecule has 1 aromatic carbocycles. The highest BCUT2D eigenvalue weighted by molar-refractivity contribution is 6.00. The van der Waals surface area contributed by atoms with Crippen LogP contribution in [0.4, 0.5) is 0 Å². The third-order valence-electron chi connectivity index (χ3n) is 3.28. The largest absolute Gasteiger partial charge is 0.478 e. The zero-order chi connectivity index (χ0) is 14.1. The number of aryl methyl sites for hydroxylation is 1. The molecule has 0 aliphatic rings. The van der Waals surface area contributed by atoms with Crippen LogP contribution >= 0.6 is 0 Å². The van der Waals surface area contributed by atoms with E-state index in [2.05, 4.69) is 35.1 Å². The number of pyridine rings is 1. The minimum Gasteiger partial charge on any atom is -0.478 e. The molecule has 0 saturated carbocycles. The summed E-state index contributed by atoms with van der Waals surface area (Å²) in [5.41, 5.74) is 4.89. The zero-order valence-electron chi connectivity index (χ0n) is 11.1. The lowest BCUT2D eigenvalue weighted by Crippen LogP contribution is -1.97. The number of carbonyl (C=O) groups is 1. The fourth-order valence-electron chi connectivity index (χ4n) is 2.40. The average molecular weight is 266 g/mol. The highest BCUT2D eigenvalue weighted by atomic mass is 16.4. The van der Waals surface area contributed by atoms with Crippen LogP contribution in [0.3, 0.4) is 0 Å². The predicted octanol–water partition coefficient (Wildman–Crippen LogP) is 3.16. The molecular formula is C16H14N2O2. The first kappa shape index (κ1) is 12.4. The number of nitrogens with zero attached hydrogens (tertiary/aromatic N) is 1. The zero-order valence-corrected chi connectivity index (χ0v) is 11.1. The monoisotopic (exact) mass is 266 g/mol. The lowest BCUT2D eigenvalue weighted by molar-refractivity contribution is 0.0699. The van der Waals surface area contributed by atoms with Gasteiger partial charge in [0.1, 0.15) is 0 Å². The summed E-state index contributed by atoms with van der Waals surface area (Å²) in [6.07, 6.45) is 2.26. The van der Waals surface area contributed by atoms with Gasteiger partial charge in [-0.15, -0.1) is 0 Å². The van der Waals surface area contributed by atoms with E-state index >= 15 is 0 Å². The van der Waals surface area contributed by atoms with Crippen molar-refractivity contribution in [2.75, 3.05) is 0 Å². The summed E-state index contributed by atoms with van der Waals surface area (Å²) in [6.45, 7) is 2.05. The topological polar surface area (TPSA) is 66.0 Å². The average Bonchev–Trinajstić information content (AvgIpc) is 2.80. The van der Waals surface area contributed by atoms with Gasteiger partial charge in [0.25, 0.3) is 0 Å². The van der Waals surface area contributed by atoms with Gasteiger partial charge in [0.05, 0.1) is 16.6 Å². The molecule has 0 bridgehead atoms. The third kappa shape index (κ3) is 2.28. The minimum atomic E-state index is -0.943. The molecule has 100 valence electrons. The van der Waals surface area contributed by atoms with E-state index in [1.807, 2.05) is 12.1 Å². The van der Waals surface area contributed by atoms with Crippen molar-refractivity contribution in [3.8, 4) is 0 Å². The van der Waals surface area contributed by atoms with Gasteiger partial charge in [-0.2, -0.15) is 0 Å². The number of hydrogen-bond donors (Lipinski definition) is 2. The molecule has 4 heteroatoms. The molecule has 0 aliphatic carbocycles. The lowest BCUT2D eigenvalue weighted by Gasteiger charge is -2.00.